The standard InChI is InChI=1S/C18H27N3O4/c1-4-9-14(17(23)25-3)20-16(22)15(21-18(24)19-5-2)12-13-10-7-6-8-11-13/h6-8,10-11,14-15H,4-5,9,12H2,1-3H3,(H,20,22)(H2,19,21,24)/t14-,15-/m0/s1. The molecule has 0 radical (unpaired) electrons. The molecule has 0 bridgehead atoms. The second-order valence-corrected chi connectivity index (χ2v) is 5.62. The van der Waals surface area contributed by atoms with Gasteiger partial charge in [0.1, 0.15) is 12.1 Å². The van der Waals surface area contributed by atoms with Gasteiger partial charge in [-0.3, -0.25) is 4.79 Å². The van der Waals surface area contributed by atoms with Crippen molar-refractivity contribution in [3.8, 4) is 0 Å². The normalized spacial score (nSPS) is 12.6. The molecule has 7 nitrogen and oxygen atoms in total. The van der Waals surface area contributed by atoms with Crippen LogP contribution in [0.3, 0.4) is 0 Å². The fourth-order valence-electron chi connectivity index (χ4n) is 2.38. The minimum absolute atomic E-state index is 0.323. The quantitative estimate of drug-likeness (QED) is 0.587. The molecule has 3 N–H and O–H groups in total. The molecule has 138 valence electrons. The summed E-state index contributed by atoms with van der Waals surface area (Å²) in [6, 6.07) is 7.42. The number of carbonyl (C=O) groups excluding carboxylic acids is 3. The van der Waals surface area contributed by atoms with Crippen LogP contribution in [0.5, 0.6) is 0 Å². The lowest BCUT2D eigenvalue weighted by atomic mass is 10.0. The molecule has 0 aromatic heterocycles. The number of hydrogen-bond acceptors (Lipinski definition) is 4. The molecule has 0 aliphatic rings. The van der Waals surface area contributed by atoms with Gasteiger partial charge in [-0.2, -0.15) is 0 Å². The first-order valence-corrected chi connectivity index (χ1v) is 8.48. The first kappa shape index (κ1) is 20.5. The maximum Gasteiger partial charge on any atom is 0.328 e. The van der Waals surface area contributed by atoms with Crippen LogP contribution in [0.2, 0.25) is 0 Å². The summed E-state index contributed by atoms with van der Waals surface area (Å²) in [5.41, 5.74) is 0.907. The van der Waals surface area contributed by atoms with Crippen molar-refractivity contribution in [3.05, 3.63) is 35.9 Å². The van der Waals surface area contributed by atoms with Gasteiger partial charge < -0.3 is 20.7 Å². The molecule has 1 aromatic rings. The highest BCUT2D eigenvalue weighted by Gasteiger charge is 2.26. The van der Waals surface area contributed by atoms with Crippen molar-refractivity contribution in [2.24, 2.45) is 0 Å². The summed E-state index contributed by atoms with van der Waals surface area (Å²) in [6.45, 7) is 4.16. The van der Waals surface area contributed by atoms with Crippen LogP contribution < -0.4 is 16.0 Å². The average Bonchev–Trinajstić information content (AvgIpc) is 2.61. The lowest BCUT2D eigenvalue weighted by Crippen LogP contribution is -2.54. The first-order chi connectivity index (χ1) is 12.0. The second-order valence-electron chi connectivity index (χ2n) is 5.62. The number of benzene rings is 1. The van der Waals surface area contributed by atoms with Crippen molar-refractivity contribution in [3.63, 3.8) is 0 Å². The molecule has 0 saturated carbocycles. The van der Waals surface area contributed by atoms with Gasteiger partial charge in [-0.05, 0) is 18.9 Å². The smallest absolute Gasteiger partial charge is 0.328 e. The third-order valence-corrected chi connectivity index (χ3v) is 3.62. The van der Waals surface area contributed by atoms with Crippen LogP contribution in [0.4, 0.5) is 4.79 Å². The monoisotopic (exact) mass is 349 g/mol. The van der Waals surface area contributed by atoms with E-state index in [0.29, 0.717) is 25.8 Å². The highest BCUT2D eigenvalue weighted by Crippen LogP contribution is 2.06. The molecule has 1 aromatic carbocycles. The topological polar surface area (TPSA) is 96.5 Å². The van der Waals surface area contributed by atoms with Gasteiger partial charge in [-0.25, -0.2) is 9.59 Å². The largest absolute Gasteiger partial charge is 0.467 e. The number of urea groups is 1. The third kappa shape index (κ3) is 7.24. The van der Waals surface area contributed by atoms with Crippen LogP contribution in [0.1, 0.15) is 32.3 Å². The van der Waals surface area contributed by atoms with Crippen LogP contribution in [0.25, 0.3) is 0 Å². The summed E-state index contributed by atoms with van der Waals surface area (Å²) in [5, 5.41) is 7.94. The summed E-state index contributed by atoms with van der Waals surface area (Å²) in [5.74, 6) is -0.911. The van der Waals surface area contributed by atoms with Crippen LogP contribution in [-0.2, 0) is 20.7 Å². The lowest BCUT2D eigenvalue weighted by Gasteiger charge is -2.22. The maximum atomic E-state index is 12.6. The summed E-state index contributed by atoms with van der Waals surface area (Å²) in [7, 11) is 1.28. The Bertz CT molecular complexity index is 563. The van der Waals surface area contributed by atoms with Gasteiger partial charge in [0.25, 0.3) is 0 Å². The predicted molar refractivity (Wildman–Crippen MR) is 95.0 cm³/mol. The Morgan fingerprint density at radius 2 is 1.72 bits per heavy atom. The van der Waals surface area contributed by atoms with E-state index >= 15 is 0 Å². The zero-order chi connectivity index (χ0) is 18.7. The Labute approximate surface area is 148 Å². The fourth-order valence-corrected chi connectivity index (χ4v) is 2.38. The number of nitrogens with one attached hydrogen (secondary N) is 3. The van der Waals surface area contributed by atoms with Gasteiger partial charge in [0, 0.05) is 13.0 Å². The number of carbonyl (C=O) groups is 3. The Kier molecular flexibility index (Phi) is 9.06. The molecule has 25 heavy (non-hydrogen) atoms. The number of esters is 1. The summed E-state index contributed by atoms with van der Waals surface area (Å²) in [4.78, 5) is 36.3. The van der Waals surface area contributed by atoms with E-state index < -0.39 is 30.0 Å². The molecule has 3 amide bonds. The van der Waals surface area contributed by atoms with E-state index in [1.54, 1.807) is 6.92 Å². The zero-order valence-electron chi connectivity index (χ0n) is 15.0. The lowest BCUT2D eigenvalue weighted by molar-refractivity contribution is -0.145. The molecule has 0 fully saturated rings. The van der Waals surface area contributed by atoms with E-state index in [4.69, 9.17) is 4.74 Å². The minimum Gasteiger partial charge on any atom is -0.467 e. The molecule has 1 rings (SSSR count). The number of methoxy groups -OCH3 is 1. The van der Waals surface area contributed by atoms with Crippen LogP contribution in [0, 0.1) is 0 Å². The Balaban J connectivity index is 2.86. The Morgan fingerprint density at radius 1 is 1.04 bits per heavy atom. The van der Waals surface area contributed by atoms with Crippen molar-refractivity contribution in [1.82, 2.24) is 16.0 Å². The number of ether oxygens (including phenoxy) is 1. The van der Waals surface area contributed by atoms with E-state index in [0.717, 1.165) is 5.56 Å². The van der Waals surface area contributed by atoms with E-state index in [1.807, 2.05) is 37.3 Å². The molecule has 0 heterocycles. The number of rotatable bonds is 9. The number of amides is 3. The van der Waals surface area contributed by atoms with Crippen LogP contribution in [-0.4, -0.2) is 43.6 Å². The van der Waals surface area contributed by atoms with Gasteiger partial charge in [-0.1, -0.05) is 43.7 Å². The summed E-state index contributed by atoms with van der Waals surface area (Å²) in [6.07, 6.45) is 1.51. The fraction of sp³-hybridized carbons (Fsp3) is 0.500. The molecule has 0 aliphatic heterocycles. The first-order valence-electron chi connectivity index (χ1n) is 8.48. The van der Waals surface area contributed by atoms with Crippen LogP contribution >= 0.6 is 0 Å². The third-order valence-electron chi connectivity index (χ3n) is 3.62. The maximum absolute atomic E-state index is 12.6. The molecule has 7 heteroatoms. The summed E-state index contributed by atoms with van der Waals surface area (Å²) < 4.78 is 4.73. The Morgan fingerprint density at radius 3 is 2.28 bits per heavy atom. The molecule has 0 saturated heterocycles. The minimum atomic E-state index is -0.794. The molecule has 0 aliphatic carbocycles. The molecule has 0 unspecified atom stereocenters. The van der Waals surface area contributed by atoms with Gasteiger partial charge in [0.15, 0.2) is 0 Å². The van der Waals surface area contributed by atoms with Crippen LogP contribution in [0.15, 0.2) is 30.3 Å². The van der Waals surface area contributed by atoms with E-state index in [-0.39, 0.29) is 0 Å². The Hall–Kier alpha value is -2.57. The molecule has 0 spiro atoms. The van der Waals surface area contributed by atoms with Gasteiger partial charge in [-0.15, -0.1) is 0 Å². The second kappa shape index (κ2) is 11.1. The van der Waals surface area contributed by atoms with Crippen molar-refractivity contribution < 1.29 is 19.1 Å². The van der Waals surface area contributed by atoms with Crippen molar-refractivity contribution in [2.45, 2.75) is 45.2 Å². The van der Waals surface area contributed by atoms with E-state index in [1.165, 1.54) is 7.11 Å². The predicted octanol–water partition coefficient (Wildman–Crippen LogP) is 1.37. The van der Waals surface area contributed by atoms with Crippen molar-refractivity contribution in [1.29, 1.82) is 0 Å². The van der Waals surface area contributed by atoms with Crippen molar-refractivity contribution in [2.75, 3.05) is 13.7 Å². The van der Waals surface area contributed by atoms with Gasteiger partial charge in [0.2, 0.25) is 5.91 Å². The summed E-state index contributed by atoms with van der Waals surface area (Å²) >= 11 is 0. The van der Waals surface area contributed by atoms with E-state index in [9.17, 15) is 14.4 Å². The highest BCUT2D eigenvalue weighted by atomic mass is 16.5. The van der Waals surface area contributed by atoms with Gasteiger partial charge >= 0.3 is 12.0 Å². The average molecular weight is 349 g/mol. The van der Waals surface area contributed by atoms with Crippen molar-refractivity contribution >= 4 is 17.9 Å². The molecular weight excluding hydrogens is 322 g/mol. The molecular formula is C18H27N3O4. The highest BCUT2D eigenvalue weighted by molar-refractivity contribution is 5.90. The van der Waals surface area contributed by atoms with E-state index in [2.05, 4.69) is 16.0 Å². The molecule has 2 atom stereocenters. The SMILES string of the molecule is CCC[C@H](NC(=O)[C@H](Cc1ccccc1)NC(=O)NCC)C(=O)OC. The zero-order valence-corrected chi connectivity index (χ0v) is 15.0. The number of hydrogen-bond donors (Lipinski definition) is 3. The van der Waals surface area contributed by atoms with Gasteiger partial charge in [0.05, 0.1) is 7.11 Å².